The minimum absolute atomic E-state index is 0.00230. The van der Waals surface area contributed by atoms with Crippen LogP contribution in [0.4, 0.5) is 22.2 Å². The Morgan fingerprint density at radius 3 is 2.56 bits per heavy atom. The second kappa shape index (κ2) is 5.33. The first-order valence-corrected chi connectivity index (χ1v) is 5.44. The van der Waals surface area contributed by atoms with Gasteiger partial charge in [-0.15, -0.1) is 0 Å². The second-order valence-electron chi connectivity index (χ2n) is 3.38. The van der Waals surface area contributed by atoms with E-state index in [-0.39, 0.29) is 16.9 Å². The molecule has 7 heteroatoms. The molecule has 92 valence electrons. The van der Waals surface area contributed by atoms with Gasteiger partial charge in [0, 0.05) is 11.8 Å². The van der Waals surface area contributed by atoms with Crippen LogP contribution in [0.15, 0.2) is 36.4 Å². The van der Waals surface area contributed by atoms with Crippen LogP contribution in [0.1, 0.15) is 0 Å². The van der Waals surface area contributed by atoms with Gasteiger partial charge in [-0.1, -0.05) is 29.8 Å². The Hall–Kier alpha value is -2.34. The molecule has 0 fully saturated rings. The van der Waals surface area contributed by atoms with Crippen molar-refractivity contribution in [3.8, 4) is 0 Å². The van der Waals surface area contributed by atoms with Crippen LogP contribution in [0.5, 0.6) is 0 Å². The molecule has 0 aliphatic rings. The van der Waals surface area contributed by atoms with E-state index >= 15 is 0 Å². The number of nitrogens with zero attached hydrogens (tertiary/aromatic N) is 2. The fourth-order valence-corrected chi connectivity index (χ4v) is 1.49. The molecular formula is C11H10ClN5O. The van der Waals surface area contributed by atoms with Gasteiger partial charge < -0.3 is 11.1 Å². The molecule has 0 unspecified atom stereocenters. The van der Waals surface area contributed by atoms with E-state index in [1.54, 1.807) is 12.1 Å². The lowest BCUT2D eigenvalue weighted by Crippen LogP contribution is -2.20. The molecule has 0 saturated carbocycles. The van der Waals surface area contributed by atoms with E-state index in [9.17, 15) is 4.79 Å². The van der Waals surface area contributed by atoms with Crippen molar-refractivity contribution in [3.63, 3.8) is 0 Å². The molecule has 0 aliphatic carbocycles. The number of hydrogen-bond donors (Lipinski definition) is 3. The summed E-state index contributed by atoms with van der Waals surface area (Å²) in [4.78, 5) is 19.1. The molecule has 1 heterocycles. The number of urea groups is 1. The number of para-hydroxylation sites is 1. The Bertz CT molecular complexity index is 540. The number of aromatic nitrogens is 2. The van der Waals surface area contributed by atoms with Gasteiger partial charge in [0.1, 0.15) is 11.0 Å². The fraction of sp³-hybridized carbons (Fsp3) is 0. The molecule has 4 N–H and O–H groups in total. The van der Waals surface area contributed by atoms with Crippen molar-refractivity contribution in [2.45, 2.75) is 0 Å². The quantitative estimate of drug-likeness (QED) is 0.725. The summed E-state index contributed by atoms with van der Waals surface area (Å²) in [5.41, 5.74) is 6.08. The number of benzene rings is 1. The molecule has 0 aliphatic heterocycles. The minimum atomic E-state index is -0.435. The van der Waals surface area contributed by atoms with E-state index in [4.69, 9.17) is 17.3 Å². The zero-order valence-electron chi connectivity index (χ0n) is 9.22. The van der Waals surface area contributed by atoms with Gasteiger partial charge >= 0.3 is 6.03 Å². The zero-order valence-corrected chi connectivity index (χ0v) is 9.98. The molecule has 2 aromatic rings. The highest BCUT2D eigenvalue weighted by Crippen LogP contribution is 2.13. The largest absolute Gasteiger partial charge is 0.368 e. The number of nitrogens with two attached hydrogens (primary N) is 1. The first kappa shape index (κ1) is 12.1. The summed E-state index contributed by atoms with van der Waals surface area (Å²) in [6.45, 7) is 0. The lowest BCUT2D eigenvalue weighted by atomic mass is 10.3. The van der Waals surface area contributed by atoms with Crippen molar-refractivity contribution in [1.82, 2.24) is 9.97 Å². The summed E-state index contributed by atoms with van der Waals surface area (Å²) in [5.74, 6) is 0.235. The van der Waals surface area contributed by atoms with Gasteiger partial charge in [-0.05, 0) is 12.1 Å². The number of halogens is 1. The van der Waals surface area contributed by atoms with Crippen LogP contribution >= 0.6 is 11.6 Å². The fourth-order valence-electron chi connectivity index (χ4n) is 1.30. The molecule has 0 atom stereocenters. The first-order valence-electron chi connectivity index (χ1n) is 5.06. The molecule has 2 rings (SSSR count). The Labute approximate surface area is 108 Å². The van der Waals surface area contributed by atoms with Crippen molar-refractivity contribution in [1.29, 1.82) is 0 Å². The number of anilines is 3. The molecule has 1 aromatic heterocycles. The third kappa shape index (κ3) is 3.33. The van der Waals surface area contributed by atoms with Crippen LogP contribution in [0.3, 0.4) is 0 Å². The summed E-state index contributed by atoms with van der Waals surface area (Å²) in [5, 5.41) is 5.31. The van der Waals surface area contributed by atoms with Gasteiger partial charge in [-0.25, -0.2) is 9.78 Å². The van der Waals surface area contributed by atoms with Crippen LogP contribution in [0.25, 0.3) is 0 Å². The van der Waals surface area contributed by atoms with Gasteiger partial charge in [0.25, 0.3) is 0 Å². The molecule has 0 spiro atoms. The van der Waals surface area contributed by atoms with Gasteiger partial charge in [-0.3, -0.25) is 5.32 Å². The van der Waals surface area contributed by atoms with Crippen LogP contribution in [-0.4, -0.2) is 16.0 Å². The number of amides is 2. The van der Waals surface area contributed by atoms with E-state index in [0.717, 1.165) is 0 Å². The van der Waals surface area contributed by atoms with Crippen molar-refractivity contribution < 1.29 is 4.79 Å². The van der Waals surface area contributed by atoms with Crippen LogP contribution in [-0.2, 0) is 0 Å². The van der Waals surface area contributed by atoms with E-state index in [1.807, 2.05) is 18.2 Å². The van der Waals surface area contributed by atoms with Crippen LogP contribution in [0, 0.1) is 0 Å². The highest BCUT2D eigenvalue weighted by Gasteiger charge is 2.05. The van der Waals surface area contributed by atoms with Gasteiger partial charge in [0.05, 0.1) is 0 Å². The third-order valence-corrected chi connectivity index (χ3v) is 2.18. The predicted octanol–water partition coefficient (Wildman–Crippen LogP) is 2.36. The number of carbonyl (C=O) groups excluding carboxylic acids is 1. The highest BCUT2D eigenvalue weighted by molar-refractivity contribution is 6.29. The minimum Gasteiger partial charge on any atom is -0.368 e. The Morgan fingerprint density at radius 1 is 1.17 bits per heavy atom. The topological polar surface area (TPSA) is 92.9 Å². The summed E-state index contributed by atoms with van der Waals surface area (Å²) >= 11 is 5.69. The molecular weight excluding hydrogens is 254 g/mol. The SMILES string of the molecule is Nc1nc(Cl)cc(NC(=O)Nc2ccccc2)n1. The summed E-state index contributed by atoms with van der Waals surface area (Å²) in [7, 11) is 0. The van der Waals surface area contributed by atoms with Gasteiger partial charge in [0.2, 0.25) is 5.95 Å². The number of nitrogen functional groups attached to an aromatic ring is 1. The maximum Gasteiger partial charge on any atom is 0.324 e. The normalized spacial score (nSPS) is 9.83. The van der Waals surface area contributed by atoms with Crippen molar-refractivity contribution in [2.75, 3.05) is 16.4 Å². The molecule has 18 heavy (non-hydrogen) atoms. The number of hydrogen-bond acceptors (Lipinski definition) is 4. The van der Waals surface area contributed by atoms with E-state index in [2.05, 4.69) is 20.6 Å². The third-order valence-electron chi connectivity index (χ3n) is 1.99. The highest BCUT2D eigenvalue weighted by atomic mass is 35.5. The average Bonchev–Trinajstić information content (AvgIpc) is 2.28. The predicted molar refractivity (Wildman–Crippen MR) is 70.5 cm³/mol. The molecule has 6 nitrogen and oxygen atoms in total. The lowest BCUT2D eigenvalue weighted by molar-refractivity contribution is 0.262. The maximum atomic E-state index is 11.6. The Balaban J connectivity index is 2.03. The maximum absolute atomic E-state index is 11.6. The molecule has 0 saturated heterocycles. The van der Waals surface area contributed by atoms with Crippen molar-refractivity contribution in [2.24, 2.45) is 0 Å². The lowest BCUT2D eigenvalue weighted by Gasteiger charge is -2.07. The standard InChI is InChI=1S/C11H10ClN5O/c12-8-6-9(16-10(13)15-8)17-11(18)14-7-4-2-1-3-5-7/h1-6H,(H4,13,14,15,16,17,18). The number of carbonyl (C=O) groups is 1. The Kier molecular flexibility index (Phi) is 3.59. The summed E-state index contributed by atoms with van der Waals surface area (Å²) < 4.78 is 0. The smallest absolute Gasteiger partial charge is 0.324 e. The molecule has 0 radical (unpaired) electrons. The zero-order chi connectivity index (χ0) is 13.0. The van der Waals surface area contributed by atoms with E-state index in [0.29, 0.717) is 5.69 Å². The average molecular weight is 264 g/mol. The number of rotatable bonds is 2. The number of nitrogens with one attached hydrogen (secondary N) is 2. The van der Waals surface area contributed by atoms with Crippen molar-refractivity contribution in [3.05, 3.63) is 41.6 Å². The van der Waals surface area contributed by atoms with Gasteiger partial charge in [0.15, 0.2) is 0 Å². The van der Waals surface area contributed by atoms with Crippen LogP contribution < -0.4 is 16.4 Å². The van der Waals surface area contributed by atoms with E-state index < -0.39 is 6.03 Å². The van der Waals surface area contributed by atoms with Gasteiger partial charge in [-0.2, -0.15) is 4.98 Å². The molecule has 0 bridgehead atoms. The summed E-state index contributed by atoms with van der Waals surface area (Å²) in [6, 6.07) is 9.98. The second-order valence-corrected chi connectivity index (χ2v) is 3.77. The molecule has 2 amide bonds. The first-order chi connectivity index (χ1) is 8.63. The van der Waals surface area contributed by atoms with Crippen molar-refractivity contribution >= 4 is 35.1 Å². The molecule has 1 aromatic carbocycles. The van der Waals surface area contributed by atoms with E-state index in [1.165, 1.54) is 6.07 Å². The monoisotopic (exact) mass is 263 g/mol. The van der Waals surface area contributed by atoms with Crippen LogP contribution in [0.2, 0.25) is 5.15 Å². The summed E-state index contributed by atoms with van der Waals surface area (Å²) in [6.07, 6.45) is 0. The Morgan fingerprint density at radius 2 is 1.89 bits per heavy atom.